The average molecular weight is 367 g/mol. The Hall–Kier alpha value is -2.96. The van der Waals surface area contributed by atoms with E-state index in [9.17, 15) is 9.59 Å². The van der Waals surface area contributed by atoms with E-state index in [2.05, 4.69) is 41.6 Å². The first-order valence-corrected chi connectivity index (χ1v) is 9.04. The highest BCUT2D eigenvalue weighted by atomic mass is 16.2. The lowest BCUT2D eigenvalue weighted by Gasteiger charge is -2.38. The summed E-state index contributed by atoms with van der Waals surface area (Å²) in [4.78, 5) is 26.5. The molecule has 1 aliphatic heterocycles. The fourth-order valence-corrected chi connectivity index (χ4v) is 2.69. The van der Waals surface area contributed by atoms with Gasteiger partial charge in [0.15, 0.2) is 5.82 Å². The van der Waals surface area contributed by atoms with Gasteiger partial charge < -0.3 is 15.5 Å². The number of nitrogens with zero attached hydrogens (tertiary/aromatic N) is 3. The summed E-state index contributed by atoms with van der Waals surface area (Å²) < 4.78 is 0. The van der Waals surface area contributed by atoms with Crippen LogP contribution in [0.15, 0.2) is 42.6 Å². The average Bonchev–Trinajstić information content (AvgIpc) is 2.59. The van der Waals surface area contributed by atoms with Crippen molar-refractivity contribution < 1.29 is 9.59 Å². The number of nitrogens with one attached hydrogen (secondary N) is 2. The van der Waals surface area contributed by atoms with Gasteiger partial charge in [-0.3, -0.25) is 9.59 Å². The van der Waals surface area contributed by atoms with Crippen LogP contribution in [-0.4, -0.2) is 41.6 Å². The van der Waals surface area contributed by atoms with Crippen LogP contribution in [0.1, 0.15) is 31.1 Å². The molecule has 1 aromatic heterocycles. The molecule has 1 aromatic carbocycles. The lowest BCUT2D eigenvalue weighted by molar-refractivity contribution is -0.120. The SMILES string of the molecule is CC(C)(C)CNC(=O)c1ccc(NC(=O)C2CN(c3cccnn3)C2)cc1. The van der Waals surface area contributed by atoms with Gasteiger partial charge in [0.2, 0.25) is 5.91 Å². The predicted octanol–water partition coefficient (Wildman–Crippen LogP) is 2.33. The highest BCUT2D eigenvalue weighted by Crippen LogP contribution is 2.23. The minimum Gasteiger partial charge on any atom is -0.353 e. The zero-order chi connectivity index (χ0) is 19.4. The molecule has 0 aliphatic carbocycles. The van der Waals surface area contributed by atoms with Gasteiger partial charge in [0.1, 0.15) is 0 Å². The monoisotopic (exact) mass is 367 g/mol. The molecule has 0 radical (unpaired) electrons. The summed E-state index contributed by atoms with van der Waals surface area (Å²) in [5, 5.41) is 13.7. The number of carbonyl (C=O) groups excluding carboxylic acids is 2. The van der Waals surface area contributed by atoms with Crippen LogP contribution in [0, 0.1) is 11.3 Å². The summed E-state index contributed by atoms with van der Waals surface area (Å²) >= 11 is 0. The predicted molar refractivity (Wildman–Crippen MR) is 105 cm³/mol. The summed E-state index contributed by atoms with van der Waals surface area (Å²) in [6, 6.07) is 10.7. The number of aromatic nitrogens is 2. The quantitative estimate of drug-likeness (QED) is 0.847. The van der Waals surface area contributed by atoms with Crippen LogP contribution in [-0.2, 0) is 4.79 Å². The minimum atomic E-state index is -0.110. The van der Waals surface area contributed by atoms with E-state index in [4.69, 9.17) is 0 Å². The van der Waals surface area contributed by atoms with Gasteiger partial charge in [0, 0.05) is 37.1 Å². The van der Waals surface area contributed by atoms with E-state index in [1.165, 1.54) is 0 Å². The molecule has 0 spiro atoms. The topological polar surface area (TPSA) is 87.2 Å². The molecule has 7 heteroatoms. The zero-order valence-electron chi connectivity index (χ0n) is 15.9. The molecule has 0 unspecified atom stereocenters. The Bertz CT molecular complexity index is 793. The molecular weight excluding hydrogens is 342 g/mol. The number of hydrogen-bond acceptors (Lipinski definition) is 5. The highest BCUT2D eigenvalue weighted by Gasteiger charge is 2.33. The Morgan fingerprint density at radius 1 is 1.15 bits per heavy atom. The number of hydrogen-bond donors (Lipinski definition) is 2. The van der Waals surface area contributed by atoms with Gasteiger partial charge in [-0.05, 0) is 41.8 Å². The van der Waals surface area contributed by atoms with Crippen LogP contribution in [0.5, 0.6) is 0 Å². The second kappa shape index (κ2) is 7.73. The Morgan fingerprint density at radius 3 is 2.44 bits per heavy atom. The lowest BCUT2D eigenvalue weighted by Crippen LogP contribution is -2.52. The van der Waals surface area contributed by atoms with E-state index >= 15 is 0 Å². The number of amides is 2. The number of rotatable bonds is 5. The summed E-state index contributed by atoms with van der Waals surface area (Å²) in [6.45, 7) is 8.05. The van der Waals surface area contributed by atoms with Gasteiger partial charge in [0.05, 0.1) is 5.92 Å². The van der Waals surface area contributed by atoms with Crippen molar-refractivity contribution in [3.05, 3.63) is 48.2 Å². The van der Waals surface area contributed by atoms with Crippen molar-refractivity contribution in [2.45, 2.75) is 20.8 Å². The maximum atomic E-state index is 12.4. The Morgan fingerprint density at radius 2 is 1.85 bits per heavy atom. The maximum absolute atomic E-state index is 12.4. The third-order valence-electron chi connectivity index (χ3n) is 4.33. The van der Waals surface area contributed by atoms with Gasteiger partial charge in [-0.1, -0.05) is 20.8 Å². The second-order valence-electron chi connectivity index (χ2n) is 7.99. The zero-order valence-corrected chi connectivity index (χ0v) is 15.9. The molecule has 1 aliphatic rings. The fourth-order valence-electron chi connectivity index (χ4n) is 2.69. The first-order valence-electron chi connectivity index (χ1n) is 9.04. The molecule has 2 aromatic rings. The smallest absolute Gasteiger partial charge is 0.251 e. The minimum absolute atomic E-state index is 0.0277. The van der Waals surface area contributed by atoms with Crippen molar-refractivity contribution in [3.8, 4) is 0 Å². The van der Waals surface area contributed by atoms with E-state index in [-0.39, 0.29) is 23.1 Å². The third kappa shape index (κ3) is 5.03. The molecule has 1 fully saturated rings. The van der Waals surface area contributed by atoms with E-state index in [1.54, 1.807) is 30.5 Å². The van der Waals surface area contributed by atoms with Crippen LogP contribution in [0.25, 0.3) is 0 Å². The first-order chi connectivity index (χ1) is 12.8. The summed E-state index contributed by atoms with van der Waals surface area (Å²) in [6.07, 6.45) is 1.63. The van der Waals surface area contributed by atoms with Gasteiger partial charge in [-0.15, -0.1) is 5.10 Å². The fraction of sp³-hybridized carbons (Fsp3) is 0.400. The van der Waals surface area contributed by atoms with Gasteiger partial charge in [-0.2, -0.15) is 5.10 Å². The molecule has 27 heavy (non-hydrogen) atoms. The number of carbonyl (C=O) groups is 2. The van der Waals surface area contributed by atoms with Crippen LogP contribution in [0.3, 0.4) is 0 Å². The highest BCUT2D eigenvalue weighted by molar-refractivity contribution is 5.97. The standard InChI is InChI=1S/C20H25N5O2/c1-20(2,3)13-21-18(26)14-6-8-16(9-7-14)23-19(27)15-11-25(12-15)17-5-4-10-22-24-17/h4-10,15H,11-13H2,1-3H3,(H,21,26)(H,23,27). The summed E-state index contributed by atoms with van der Waals surface area (Å²) in [5.41, 5.74) is 1.30. The Kier molecular flexibility index (Phi) is 5.39. The summed E-state index contributed by atoms with van der Waals surface area (Å²) in [5.74, 6) is 0.565. The molecule has 0 bridgehead atoms. The number of anilines is 2. The first kappa shape index (κ1) is 18.8. The van der Waals surface area contributed by atoms with Crippen LogP contribution in [0.4, 0.5) is 11.5 Å². The summed E-state index contributed by atoms with van der Waals surface area (Å²) in [7, 11) is 0. The van der Waals surface area contributed by atoms with E-state index in [1.807, 2.05) is 17.0 Å². The van der Waals surface area contributed by atoms with Crippen molar-refractivity contribution in [2.75, 3.05) is 29.9 Å². The molecule has 2 N–H and O–H groups in total. The Balaban J connectivity index is 1.49. The molecule has 2 heterocycles. The van der Waals surface area contributed by atoms with Crippen molar-refractivity contribution in [2.24, 2.45) is 11.3 Å². The second-order valence-corrected chi connectivity index (χ2v) is 7.99. The number of benzene rings is 1. The molecule has 0 atom stereocenters. The van der Waals surface area contributed by atoms with Crippen molar-refractivity contribution in [1.29, 1.82) is 0 Å². The van der Waals surface area contributed by atoms with Gasteiger partial charge in [-0.25, -0.2) is 0 Å². The molecule has 0 saturated carbocycles. The molecule has 3 rings (SSSR count). The van der Waals surface area contributed by atoms with Crippen molar-refractivity contribution in [3.63, 3.8) is 0 Å². The van der Waals surface area contributed by atoms with Crippen LogP contribution in [0.2, 0.25) is 0 Å². The van der Waals surface area contributed by atoms with E-state index in [0.717, 1.165) is 5.82 Å². The van der Waals surface area contributed by atoms with E-state index < -0.39 is 0 Å². The molecule has 2 amide bonds. The van der Waals surface area contributed by atoms with Crippen molar-refractivity contribution in [1.82, 2.24) is 15.5 Å². The molecule has 7 nitrogen and oxygen atoms in total. The van der Waals surface area contributed by atoms with Crippen LogP contribution < -0.4 is 15.5 Å². The Labute approximate surface area is 159 Å². The third-order valence-corrected chi connectivity index (χ3v) is 4.33. The molecule has 142 valence electrons. The van der Waals surface area contributed by atoms with Crippen LogP contribution >= 0.6 is 0 Å². The van der Waals surface area contributed by atoms with E-state index in [0.29, 0.717) is 30.9 Å². The van der Waals surface area contributed by atoms with Gasteiger partial charge in [0.25, 0.3) is 5.91 Å². The molecular formula is C20H25N5O2. The normalized spacial score (nSPS) is 14.4. The van der Waals surface area contributed by atoms with Gasteiger partial charge >= 0.3 is 0 Å². The van der Waals surface area contributed by atoms with Crippen molar-refractivity contribution >= 4 is 23.3 Å². The largest absolute Gasteiger partial charge is 0.353 e. The maximum Gasteiger partial charge on any atom is 0.251 e. The lowest BCUT2D eigenvalue weighted by atomic mass is 9.97. The molecule has 1 saturated heterocycles.